The zero-order valence-electron chi connectivity index (χ0n) is 19.0. The number of ether oxygens (including phenoxy) is 3. The quantitative estimate of drug-likeness (QED) is 0.337. The van der Waals surface area contributed by atoms with Gasteiger partial charge in [-0.2, -0.15) is 0 Å². The van der Waals surface area contributed by atoms with Gasteiger partial charge in [-0.15, -0.1) is 6.42 Å². The second-order valence-corrected chi connectivity index (χ2v) is 7.84. The lowest BCUT2D eigenvalue weighted by Gasteiger charge is -2.12. The zero-order valence-corrected chi connectivity index (χ0v) is 19.0. The highest BCUT2D eigenvalue weighted by Crippen LogP contribution is 2.46. The molecule has 0 spiro atoms. The summed E-state index contributed by atoms with van der Waals surface area (Å²) in [6, 6.07) is 9.87. The number of likely N-dealkylation sites (N-methyl/N-ethyl adjacent to an activating group) is 1. The summed E-state index contributed by atoms with van der Waals surface area (Å²) in [6.45, 7) is 3.21. The van der Waals surface area contributed by atoms with Crippen molar-refractivity contribution >= 4 is 16.6 Å². The van der Waals surface area contributed by atoms with E-state index in [4.69, 9.17) is 25.5 Å². The molecule has 0 bridgehead atoms. The Morgan fingerprint density at radius 3 is 2.47 bits per heavy atom. The number of hydrogen-bond donors (Lipinski definition) is 1. The van der Waals surface area contributed by atoms with Gasteiger partial charge < -0.3 is 28.9 Å². The number of rotatable bonds is 8. The molecule has 0 amide bonds. The molecule has 1 aromatic heterocycles. The monoisotopic (exact) mass is 433 g/mol. The Labute approximate surface area is 187 Å². The van der Waals surface area contributed by atoms with Crippen LogP contribution in [-0.4, -0.2) is 63.2 Å². The maximum absolute atomic E-state index is 5.96. The van der Waals surface area contributed by atoms with E-state index in [9.17, 15) is 0 Å². The SMILES string of the molecule is C#C[C@@H](C)O/N=C1/c2cc(OC)c(OC)cc2-c2[nH]c3ccc(OCCN(C)C)cc3c21. The molecule has 0 fully saturated rings. The van der Waals surface area contributed by atoms with Gasteiger partial charge >= 0.3 is 0 Å². The summed E-state index contributed by atoms with van der Waals surface area (Å²) < 4.78 is 17.0. The van der Waals surface area contributed by atoms with Gasteiger partial charge in [0, 0.05) is 34.1 Å². The van der Waals surface area contributed by atoms with Gasteiger partial charge in [-0.1, -0.05) is 11.1 Å². The maximum Gasteiger partial charge on any atom is 0.184 e. The standard InChI is InChI=1S/C25H27N3O4/c1-7-15(2)32-27-25-18-14-22(30-6)21(29-5)13-17(18)24-23(25)19-12-16(8-9-20(19)26-24)31-11-10-28(3)4/h1,8-9,12-15,26H,10-11H2,2-6H3/b27-25-/t15-/m1/s1. The molecule has 1 heterocycles. The van der Waals surface area contributed by atoms with Crippen molar-refractivity contribution in [1.29, 1.82) is 0 Å². The van der Waals surface area contributed by atoms with Gasteiger partial charge in [0.05, 0.1) is 19.9 Å². The van der Waals surface area contributed by atoms with E-state index in [0.717, 1.165) is 45.6 Å². The van der Waals surface area contributed by atoms with E-state index in [1.807, 2.05) is 44.4 Å². The average Bonchev–Trinajstić information content (AvgIpc) is 3.30. The van der Waals surface area contributed by atoms with Crippen LogP contribution in [0.4, 0.5) is 0 Å². The van der Waals surface area contributed by atoms with Gasteiger partial charge in [-0.3, -0.25) is 0 Å². The van der Waals surface area contributed by atoms with Gasteiger partial charge in [0.15, 0.2) is 17.6 Å². The lowest BCUT2D eigenvalue weighted by molar-refractivity contribution is 0.113. The molecule has 7 heteroatoms. The zero-order chi connectivity index (χ0) is 22.8. The normalized spacial score (nSPS) is 14.2. The molecule has 1 N–H and O–H groups in total. The maximum atomic E-state index is 5.96. The second kappa shape index (κ2) is 8.85. The fraction of sp³-hybridized carbons (Fsp3) is 0.320. The molecule has 32 heavy (non-hydrogen) atoms. The molecule has 3 aromatic rings. The van der Waals surface area contributed by atoms with E-state index in [2.05, 4.69) is 21.0 Å². The Bertz CT molecular complexity index is 1220. The summed E-state index contributed by atoms with van der Waals surface area (Å²) in [6.07, 6.45) is 5.03. The number of methoxy groups -OCH3 is 2. The molecule has 2 aromatic carbocycles. The molecule has 0 saturated carbocycles. The van der Waals surface area contributed by atoms with Crippen LogP contribution in [-0.2, 0) is 4.84 Å². The number of aromatic nitrogens is 1. The van der Waals surface area contributed by atoms with E-state index >= 15 is 0 Å². The van der Waals surface area contributed by atoms with Crippen molar-refractivity contribution in [2.24, 2.45) is 5.16 Å². The molecule has 1 atom stereocenters. The molecular formula is C25H27N3O4. The fourth-order valence-electron chi connectivity index (χ4n) is 3.73. The highest BCUT2D eigenvalue weighted by molar-refractivity contribution is 6.30. The summed E-state index contributed by atoms with van der Waals surface area (Å²) in [5, 5.41) is 5.45. The van der Waals surface area contributed by atoms with Crippen molar-refractivity contribution in [1.82, 2.24) is 9.88 Å². The van der Waals surface area contributed by atoms with Gasteiger partial charge in [0.25, 0.3) is 0 Å². The molecule has 166 valence electrons. The van der Waals surface area contributed by atoms with Crippen LogP contribution >= 0.6 is 0 Å². The number of aromatic amines is 1. The molecule has 4 rings (SSSR count). The van der Waals surface area contributed by atoms with Crippen molar-refractivity contribution in [2.75, 3.05) is 41.5 Å². The summed E-state index contributed by atoms with van der Waals surface area (Å²) in [4.78, 5) is 11.2. The highest BCUT2D eigenvalue weighted by atomic mass is 16.6. The van der Waals surface area contributed by atoms with Crippen LogP contribution in [0.25, 0.3) is 22.2 Å². The highest BCUT2D eigenvalue weighted by Gasteiger charge is 2.32. The van der Waals surface area contributed by atoms with Gasteiger partial charge in [0.1, 0.15) is 18.1 Å². The smallest absolute Gasteiger partial charge is 0.184 e. The molecular weight excluding hydrogens is 406 g/mol. The van der Waals surface area contributed by atoms with Crippen LogP contribution in [0.2, 0.25) is 0 Å². The molecule has 0 unspecified atom stereocenters. The Morgan fingerprint density at radius 2 is 1.81 bits per heavy atom. The molecule has 1 aliphatic rings. The number of nitrogens with zero attached hydrogens (tertiary/aromatic N) is 2. The molecule has 0 saturated heterocycles. The second-order valence-electron chi connectivity index (χ2n) is 7.84. The predicted molar refractivity (Wildman–Crippen MR) is 126 cm³/mol. The predicted octanol–water partition coefficient (Wildman–Crippen LogP) is 3.90. The van der Waals surface area contributed by atoms with Crippen molar-refractivity contribution < 1.29 is 19.0 Å². The largest absolute Gasteiger partial charge is 0.493 e. The van der Waals surface area contributed by atoms with E-state index in [-0.39, 0.29) is 0 Å². The number of H-pyrrole nitrogens is 1. The summed E-state index contributed by atoms with van der Waals surface area (Å²) in [7, 11) is 7.27. The number of nitrogens with one attached hydrogen (secondary N) is 1. The fourth-order valence-corrected chi connectivity index (χ4v) is 3.73. The van der Waals surface area contributed by atoms with Gasteiger partial charge in [-0.25, -0.2) is 0 Å². The summed E-state index contributed by atoms with van der Waals surface area (Å²) in [5.41, 5.74) is 5.39. The number of hydrogen-bond acceptors (Lipinski definition) is 6. The summed E-state index contributed by atoms with van der Waals surface area (Å²) >= 11 is 0. The van der Waals surface area contributed by atoms with Crippen molar-refractivity contribution in [3.8, 4) is 40.8 Å². The lowest BCUT2D eigenvalue weighted by atomic mass is 10.1. The van der Waals surface area contributed by atoms with Crippen LogP contribution in [0.5, 0.6) is 17.2 Å². The van der Waals surface area contributed by atoms with Gasteiger partial charge in [0.2, 0.25) is 0 Å². The van der Waals surface area contributed by atoms with Crippen LogP contribution in [0.1, 0.15) is 18.1 Å². The first-order chi connectivity index (χ1) is 15.5. The number of terminal acetylenes is 1. The topological polar surface area (TPSA) is 68.3 Å². The van der Waals surface area contributed by atoms with Crippen molar-refractivity contribution in [3.63, 3.8) is 0 Å². The third kappa shape index (κ3) is 3.85. The van der Waals surface area contributed by atoms with E-state index in [1.165, 1.54) is 0 Å². The molecule has 1 aliphatic carbocycles. The van der Waals surface area contributed by atoms with Crippen molar-refractivity contribution in [2.45, 2.75) is 13.0 Å². The number of benzene rings is 2. The first kappa shape index (κ1) is 21.6. The number of oxime groups is 1. The van der Waals surface area contributed by atoms with E-state index < -0.39 is 6.10 Å². The summed E-state index contributed by atoms with van der Waals surface area (Å²) in [5.74, 6) is 4.60. The number of fused-ring (bicyclic) bond motifs is 5. The van der Waals surface area contributed by atoms with Crippen LogP contribution < -0.4 is 14.2 Å². The molecule has 7 nitrogen and oxygen atoms in total. The average molecular weight is 434 g/mol. The minimum absolute atomic E-state index is 0.453. The Morgan fingerprint density at radius 1 is 1.09 bits per heavy atom. The van der Waals surface area contributed by atoms with Crippen LogP contribution in [0.15, 0.2) is 35.5 Å². The molecule has 0 aliphatic heterocycles. The first-order valence-corrected chi connectivity index (χ1v) is 10.4. The molecule has 0 radical (unpaired) electrons. The third-order valence-electron chi connectivity index (χ3n) is 5.40. The minimum atomic E-state index is -0.453. The van der Waals surface area contributed by atoms with Gasteiger partial charge in [-0.05, 0) is 51.4 Å². The van der Waals surface area contributed by atoms with Crippen LogP contribution in [0.3, 0.4) is 0 Å². The van der Waals surface area contributed by atoms with Crippen LogP contribution in [0, 0.1) is 12.3 Å². The third-order valence-corrected chi connectivity index (χ3v) is 5.40. The Balaban J connectivity index is 1.85. The first-order valence-electron chi connectivity index (χ1n) is 10.4. The lowest BCUT2D eigenvalue weighted by Crippen LogP contribution is -2.19. The van der Waals surface area contributed by atoms with Crippen molar-refractivity contribution in [3.05, 3.63) is 41.5 Å². The Hall–Kier alpha value is -3.63. The van der Waals surface area contributed by atoms with E-state index in [1.54, 1.807) is 21.1 Å². The minimum Gasteiger partial charge on any atom is -0.493 e. The van der Waals surface area contributed by atoms with E-state index in [0.29, 0.717) is 23.8 Å². The Kier molecular flexibility index (Phi) is 5.97.